The van der Waals surface area contributed by atoms with Crippen LogP contribution >= 0.6 is 17.7 Å². The molecule has 0 saturated heterocycles. The highest BCUT2D eigenvalue weighted by atomic mass is 35.7. The smallest absolute Gasteiger partial charge is 0.295 e. The van der Waals surface area contributed by atoms with Crippen molar-refractivity contribution >= 4 is 17.7 Å². The van der Waals surface area contributed by atoms with Crippen LogP contribution in [-0.2, 0) is 14.2 Å². The van der Waals surface area contributed by atoms with Gasteiger partial charge in [0.15, 0.2) is 6.49 Å². The molecule has 0 amide bonds. The molecule has 0 heterocycles. The Labute approximate surface area is 184 Å². The maximum atomic E-state index is 14.9. The lowest BCUT2D eigenvalue weighted by Gasteiger charge is -2.67. The predicted octanol–water partition coefficient (Wildman–Crippen LogP) is 5.10. The molecule has 0 spiro atoms. The third-order valence-electron chi connectivity index (χ3n) is 9.71. The first-order valence-electron chi connectivity index (χ1n) is 11.4. The van der Waals surface area contributed by atoms with Gasteiger partial charge in [-0.15, -0.1) is 20.2 Å². The van der Waals surface area contributed by atoms with Crippen LogP contribution < -0.4 is 0 Å². The fourth-order valence-electron chi connectivity index (χ4n) is 9.97. The summed E-state index contributed by atoms with van der Waals surface area (Å²) in [6.45, 7) is -3.40. The molecule has 0 N–H and O–H groups in total. The Hall–Kier alpha value is -1.08. The zero-order chi connectivity index (χ0) is 21.9. The molecule has 172 valence electrons. The van der Waals surface area contributed by atoms with Gasteiger partial charge in [0, 0.05) is 10.3 Å². The molecule has 8 aliphatic rings. The first-order valence-corrected chi connectivity index (χ1v) is 14.1. The minimum Gasteiger partial charge on any atom is -0.307 e. The fraction of sp³-hybridized carbons (Fsp3) is 1.00. The van der Waals surface area contributed by atoms with Crippen LogP contribution in [0.3, 0.4) is 0 Å². The van der Waals surface area contributed by atoms with Crippen molar-refractivity contribution in [1.29, 1.82) is 0 Å². The summed E-state index contributed by atoms with van der Waals surface area (Å²) in [5.41, 5.74) is -1.76. The van der Waals surface area contributed by atoms with Crippen molar-refractivity contribution in [3.05, 3.63) is 20.2 Å². The Morgan fingerprint density at radius 3 is 1.32 bits per heavy atom. The van der Waals surface area contributed by atoms with Gasteiger partial charge in [-0.05, 0) is 101 Å². The first-order chi connectivity index (χ1) is 14.5. The van der Waals surface area contributed by atoms with Gasteiger partial charge in [0.25, 0.3) is 10.2 Å². The summed E-state index contributed by atoms with van der Waals surface area (Å²) >= 11 is 7.28. The van der Waals surface area contributed by atoms with E-state index in [-0.39, 0.29) is 23.7 Å². The molecule has 8 fully saturated rings. The SMILES string of the molecule is O=[N+]([O-])OC12C[C@H]3C[C@@H](C1)CC(P(=O)(Cl)C14C[C@H]5C[C@@H](CC(O[N+](=O)[O-])(C5)C1)C4)(C3)C2. The molecule has 11 heteroatoms. The highest BCUT2D eigenvalue weighted by Crippen LogP contribution is 2.86. The Kier molecular flexibility index (Phi) is 4.02. The number of hydrogen-bond donors (Lipinski definition) is 0. The van der Waals surface area contributed by atoms with Crippen molar-refractivity contribution in [2.75, 3.05) is 0 Å². The van der Waals surface area contributed by atoms with Crippen molar-refractivity contribution in [2.45, 2.75) is 98.6 Å². The number of halogens is 1. The zero-order valence-electron chi connectivity index (χ0n) is 17.4. The van der Waals surface area contributed by atoms with E-state index >= 15 is 0 Å². The van der Waals surface area contributed by atoms with Gasteiger partial charge in [0.2, 0.25) is 0 Å². The van der Waals surface area contributed by atoms with E-state index in [1.807, 2.05) is 0 Å². The lowest BCUT2D eigenvalue weighted by molar-refractivity contribution is -0.785. The predicted molar refractivity (Wildman–Crippen MR) is 110 cm³/mol. The Bertz CT molecular complexity index is 816. The normalized spacial score (nSPS) is 53.2. The molecule has 8 aliphatic carbocycles. The molecule has 9 nitrogen and oxygen atoms in total. The third-order valence-corrected chi connectivity index (χ3v) is 15.3. The molecular formula is C20H28ClN2O7P. The third kappa shape index (κ3) is 2.77. The maximum Gasteiger partial charge on any atom is 0.295 e. The van der Waals surface area contributed by atoms with Gasteiger partial charge in [-0.2, -0.15) is 0 Å². The maximum absolute atomic E-state index is 14.9. The Morgan fingerprint density at radius 1 is 0.710 bits per heavy atom. The van der Waals surface area contributed by atoms with Crippen molar-refractivity contribution in [1.82, 2.24) is 0 Å². The molecule has 8 bridgehead atoms. The minimum atomic E-state index is -3.40. The van der Waals surface area contributed by atoms with E-state index in [0.29, 0.717) is 38.5 Å². The quantitative estimate of drug-likeness (QED) is 0.298. The van der Waals surface area contributed by atoms with Gasteiger partial charge in [0.1, 0.15) is 11.2 Å². The monoisotopic (exact) mass is 474 g/mol. The standard InChI is InChI=1S/C20H28ClN2O7P/c21-31(28,19-7-13-1-14(8-19)4-17(3-13,11-19)29-22(24)25)20-9-15-2-16(10-20)6-18(5-15,12-20)30-23(26)27/h13-16H,1-12H2/t13-,14-,15-,16+,17?,18?,19?,20?,31?/m0/s1. The largest absolute Gasteiger partial charge is 0.307 e. The van der Waals surface area contributed by atoms with E-state index in [1.165, 1.54) is 0 Å². The summed E-state index contributed by atoms with van der Waals surface area (Å²) in [7, 11) is 0. The lowest BCUT2D eigenvalue weighted by atomic mass is 9.53. The minimum absolute atomic E-state index is 0.242. The van der Waals surface area contributed by atoms with Gasteiger partial charge in [-0.3, -0.25) is 0 Å². The topological polar surface area (TPSA) is 122 Å². The molecule has 0 aromatic carbocycles. The second-order valence-corrected chi connectivity index (χ2v) is 16.3. The van der Waals surface area contributed by atoms with E-state index in [2.05, 4.69) is 0 Å². The summed E-state index contributed by atoms with van der Waals surface area (Å²) in [6.07, 6.45) is 8.18. The van der Waals surface area contributed by atoms with Gasteiger partial charge in [-0.1, -0.05) is 11.2 Å². The van der Waals surface area contributed by atoms with Crippen molar-refractivity contribution in [3.63, 3.8) is 0 Å². The highest BCUT2D eigenvalue weighted by molar-refractivity contribution is 7.91. The van der Waals surface area contributed by atoms with Crippen LogP contribution in [-0.4, -0.2) is 31.7 Å². The van der Waals surface area contributed by atoms with Crippen LogP contribution in [0.2, 0.25) is 0 Å². The average Bonchev–Trinajstić information content (AvgIpc) is 2.56. The molecule has 8 rings (SSSR count). The summed E-state index contributed by atoms with van der Waals surface area (Å²) < 4.78 is 14.9. The summed E-state index contributed by atoms with van der Waals surface area (Å²) in [4.78, 5) is 33.2. The molecule has 8 saturated carbocycles. The molecule has 0 aliphatic heterocycles. The van der Waals surface area contributed by atoms with Crippen LogP contribution in [0.5, 0.6) is 0 Å². The summed E-state index contributed by atoms with van der Waals surface area (Å²) in [5, 5.41) is 19.9. The van der Waals surface area contributed by atoms with Crippen molar-refractivity contribution < 1.29 is 24.4 Å². The number of hydrogen-bond acceptors (Lipinski definition) is 7. The molecule has 0 radical (unpaired) electrons. The van der Waals surface area contributed by atoms with E-state index in [4.69, 9.17) is 20.9 Å². The first kappa shape index (κ1) is 20.5. The Balaban J connectivity index is 1.40. The molecule has 31 heavy (non-hydrogen) atoms. The van der Waals surface area contributed by atoms with Gasteiger partial charge < -0.3 is 14.2 Å². The summed E-state index contributed by atoms with van der Waals surface area (Å²) in [5.74, 6) is 0.967. The zero-order valence-corrected chi connectivity index (χ0v) is 19.0. The van der Waals surface area contributed by atoms with Gasteiger partial charge >= 0.3 is 0 Å². The Morgan fingerprint density at radius 2 is 1.03 bits per heavy atom. The summed E-state index contributed by atoms with van der Waals surface area (Å²) in [6, 6.07) is 0. The van der Waals surface area contributed by atoms with Crippen molar-refractivity contribution in [2.24, 2.45) is 23.7 Å². The van der Waals surface area contributed by atoms with Crippen LogP contribution in [0.15, 0.2) is 0 Å². The lowest BCUT2D eigenvalue weighted by Crippen LogP contribution is -2.65. The van der Waals surface area contributed by atoms with Gasteiger partial charge in [0.05, 0.1) is 0 Å². The highest BCUT2D eigenvalue weighted by Gasteiger charge is 2.73. The molecule has 3 unspecified atom stereocenters. The number of rotatable bonds is 6. The fourth-order valence-corrected chi connectivity index (χ4v) is 15.1. The molecule has 0 aromatic heterocycles. The molecule has 7 atom stereocenters. The number of nitrogens with zero attached hydrogens (tertiary/aromatic N) is 2. The second-order valence-electron chi connectivity index (χ2n) is 11.9. The van der Waals surface area contributed by atoms with Crippen LogP contribution in [0.25, 0.3) is 0 Å². The van der Waals surface area contributed by atoms with Crippen LogP contribution in [0.4, 0.5) is 0 Å². The van der Waals surface area contributed by atoms with E-state index < -0.39 is 38.2 Å². The van der Waals surface area contributed by atoms with E-state index in [0.717, 1.165) is 38.5 Å². The van der Waals surface area contributed by atoms with E-state index in [9.17, 15) is 24.8 Å². The molecule has 0 aromatic rings. The molecular weight excluding hydrogens is 447 g/mol. The second kappa shape index (κ2) is 6.07. The average molecular weight is 475 g/mol. The van der Waals surface area contributed by atoms with E-state index in [1.54, 1.807) is 0 Å². The van der Waals surface area contributed by atoms with Crippen molar-refractivity contribution in [3.8, 4) is 0 Å². The van der Waals surface area contributed by atoms with Crippen LogP contribution in [0, 0.1) is 43.9 Å². The van der Waals surface area contributed by atoms with Crippen LogP contribution in [0.1, 0.15) is 77.0 Å². The van der Waals surface area contributed by atoms with Gasteiger partial charge in [-0.25, -0.2) is 0 Å².